The normalized spacial score (nSPS) is 10.2. The van der Waals surface area contributed by atoms with Crippen molar-refractivity contribution in [3.8, 4) is 0 Å². The van der Waals surface area contributed by atoms with Crippen LogP contribution >= 0.6 is 0 Å². The monoisotopic (exact) mass is 314 g/mol. The van der Waals surface area contributed by atoms with Gasteiger partial charge in [-0.05, 0) is 23.3 Å². The van der Waals surface area contributed by atoms with Crippen molar-refractivity contribution in [2.45, 2.75) is 13.0 Å². The molecule has 0 unspecified atom stereocenters. The maximum absolute atomic E-state index is 13.1. The van der Waals surface area contributed by atoms with Crippen LogP contribution in [0.15, 0.2) is 54.6 Å². The third-order valence-electron chi connectivity index (χ3n) is 3.38. The fourth-order valence-electron chi connectivity index (χ4n) is 2.15. The van der Waals surface area contributed by atoms with Crippen LogP contribution < -0.4 is 5.32 Å². The van der Waals surface area contributed by atoms with Gasteiger partial charge in [0, 0.05) is 13.6 Å². The minimum atomic E-state index is -0.334. The summed E-state index contributed by atoms with van der Waals surface area (Å²) in [5.41, 5.74) is 1.60. The van der Waals surface area contributed by atoms with E-state index in [1.807, 2.05) is 30.3 Å². The van der Waals surface area contributed by atoms with E-state index in [9.17, 15) is 14.0 Å². The highest BCUT2D eigenvalue weighted by Crippen LogP contribution is 2.06. The standard InChI is InChI=1S/C18H19FN2O2/c1-21(13-15-8-5-9-16(19)10-15)18(23)12-20-17(22)11-14-6-3-2-4-7-14/h2-10H,11-13H2,1H3,(H,20,22). The Morgan fingerprint density at radius 2 is 1.74 bits per heavy atom. The molecule has 120 valence electrons. The summed E-state index contributed by atoms with van der Waals surface area (Å²) in [5.74, 6) is -0.765. The summed E-state index contributed by atoms with van der Waals surface area (Å²) in [7, 11) is 1.62. The van der Waals surface area contributed by atoms with E-state index < -0.39 is 0 Å². The fourth-order valence-corrected chi connectivity index (χ4v) is 2.15. The van der Waals surface area contributed by atoms with Gasteiger partial charge in [0.15, 0.2) is 0 Å². The smallest absolute Gasteiger partial charge is 0.242 e. The van der Waals surface area contributed by atoms with Gasteiger partial charge in [0.25, 0.3) is 0 Å². The number of rotatable bonds is 6. The van der Waals surface area contributed by atoms with Crippen LogP contribution in [0.4, 0.5) is 4.39 Å². The Balaban J connectivity index is 1.78. The Hall–Kier alpha value is -2.69. The van der Waals surface area contributed by atoms with E-state index in [0.717, 1.165) is 5.56 Å². The van der Waals surface area contributed by atoms with E-state index >= 15 is 0 Å². The minimum absolute atomic E-state index is 0.0719. The molecule has 0 aliphatic rings. The summed E-state index contributed by atoms with van der Waals surface area (Å²) in [5, 5.41) is 2.60. The average molecular weight is 314 g/mol. The zero-order valence-electron chi connectivity index (χ0n) is 13.0. The molecule has 2 amide bonds. The summed E-state index contributed by atoms with van der Waals surface area (Å²) in [6, 6.07) is 15.4. The van der Waals surface area contributed by atoms with Crippen molar-refractivity contribution in [1.82, 2.24) is 10.2 Å². The molecule has 0 aliphatic heterocycles. The molecule has 2 aromatic rings. The maximum atomic E-state index is 13.1. The van der Waals surface area contributed by atoms with Crippen LogP contribution in [-0.2, 0) is 22.6 Å². The minimum Gasteiger partial charge on any atom is -0.347 e. The second kappa shape index (κ2) is 8.08. The molecule has 5 heteroatoms. The van der Waals surface area contributed by atoms with Gasteiger partial charge in [0.2, 0.25) is 11.8 Å². The zero-order chi connectivity index (χ0) is 16.7. The molecule has 0 atom stereocenters. The number of hydrogen-bond donors (Lipinski definition) is 1. The summed E-state index contributed by atoms with van der Waals surface area (Å²) in [6.07, 6.45) is 0.238. The largest absolute Gasteiger partial charge is 0.347 e. The van der Waals surface area contributed by atoms with Gasteiger partial charge in [-0.25, -0.2) is 4.39 Å². The van der Waals surface area contributed by atoms with E-state index in [-0.39, 0.29) is 30.6 Å². The van der Waals surface area contributed by atoms with Gasteiger partial charge in [-0.15, -0.1) is 0 Å². The molecule has 4 nitrogen and oxygen atoms in total. The van der Waals surface area contributed by atoms with Crippen LogP contribution in [0.25, 0.3) is 0 Å². The fraction of sp³-hybridized carbons (Fsp3) is 0.222. The van der Waals surface area contributed by atoms with Crippen molar-refractivity contribution < 1.29 is 14.0 Å². The van der Waals surface area contributed by atoms with Crippen molar-refractivity contribution in [3.63, 3.8) is 0 Å². The first-order chi connectivity index (χ1) is 11.0. The van der Waals surface area contributed by atoms with Gasteiger partial charge in [0.05, 0.1) is 13.0 Å². The number of nitrogens with one attached hydrogen (secondary N) is 1. The number of carbonyl (C=O) groups is 2. The lowest BCUT2D eigenvalue weighted by Gasteiger charge is -2.17. The molecule has 2 aromatic carbocycles. The second-order valence-corrected chi connectivity index (χ2v) is 5.32. The molecule has 2 rings (SSSR count). The lowest BCUT2D eigenvalue weighted by molar-refractivity contribution is -0.132. The molecule has 0 spiro atoms. The van der Waals surface area contributed by atoms with Crippen LogP contribution in [-0.4, -0.2) is 30.3 Å². The number of benzene rings is 2. The first kappa shape index (κ1) is 16.7. The van der Waals surface area contributed by atoms with Gasteiger partial charge in [-0.3, -0.25) is 9.59 Å². The summed E-state index contributed by atoms with van der Waals surface area (Å²) >= 11 is 0. The van der Waals surface area contributed by atoms with Crippen LogP contribution in [0.5, 0.6) is 0 Å². The van der Waals surface area contributed by atoms with Crippen LogP contribution in [0.2, 0.25) is 0 Å². The Morgan fingerprint density at radius 1 is 1.04 bits per heavy atom. The van der Waals surface area contributed by atoms with Crippen molar-refractivity contribution in [2.24, 2.45) is 0 Å². The van der Waals surface area contributed by atoms with Crippen LogP contribution in [0.1, 0.15) is 11.1 Å². The van der Waals surface area contributed by atoms with Gasteiger partial charge in [0.1, 0.15) is 5.82 Å². The van der Waals surface area contributed by atoms with Gasteiger partial charge in [-0.1, -0.05) is 42.5 Å². The van der Waals surface area contributed by atoms with E-state index in [0.29, 0.717) is 12.1 Å². The molecule has 0 radical (unpaired) electrons. The molecule has 0 fully saturated rings. The van der Waals surface area contributed by atoms with Crippen molar-refractivity contribution in [3.05, 3.63) is 71.5 Å². The number of hydrogen-bond acceptors (Lipinski definition) is 2. The predicted octanol–water partition coefficient (Wildman–Crippen LogP) is 2.14. The first-order valence-corrected chi connectivity index (χ1v) is 7.33. The van der Waals surface area contributed by atoms with Gasteiger partial charge >= 0.3 is 0 Å². The Labute approximate surface area is 134 Å². The highest BCUT2D eigenvalue weighted by Gasteiger charge is 2.11. The van der Waals surface area contributed by atoms with Gasteiger partial charge in [-0.2, -0.15) is 0 Å². The predicted molar refractivity (Wildman–Crippen MR) is 86.0 cm³/mol. The SMILES string of the molecule is CN(Cc1cccc(F)c1)C(=O)CNC(=O)Cc1ccccc1. The third-order valence-corrected chi connectivity index (χ3v) is 3.38. The Kier molecular flexibility index (Phi) is 5.86. The van der Waals surface area contributed by atoms with E-state index in [1.165, 1.54) is 17.0 Å². The molecule has 0 heterocycles. The highest BCUT2D eigenvalue weighted by molar-refractivity contribution is 5.85. The van der Waals surface area contributed by atoms with Crippen molar-refractivity contribution >= 4 is 11.8 Å². The second-order valence-electron chi connectivity index (χ2n) is 5.32. The molecule has 1 N–H and O–H groups in total. The van der Waals surface area contributed by atoms with Gasteiger partial charge < -0.3 is 10.2 Å². The lowest BCUT2D eigenvalue weighted by atomic mass is 10.1. The molecule has 0 saturated carbocycles. The summed E-state index contributed by atoms with van der Waals surface area (Å²) in [6.45, 7) is 0.225. The Morgan fingerprint density at radius 3 is 2.43 bits per heavy atom. The number of nitrogens with zero attached hydrogens (tertiary/aromatic N) is 1. The van der Waals surface area contributed by atoms with E-state index in [4.69, 9.17) is 0 Å². The number of halogens is 1. The zero-order valence-corrected chi connectivity index (χ0v) is 13.0. The molecular weight excluding hydrogens is 295 g/mol. The van der Waals surface area contributed by atoms with Crippen molar-refractivity contribution in [1.29, 1.82) is 0 Å². The number of amides is 2. The summed E-state index contributed by atoms with van der Waals surface area (Å²) < 4.78 is 13.1. The van der Waals surface area contributed by atoms with Crippen molar-refractivity contribution in [2.75, 3.05) is 13.6 Å². The maximum Gasteiger partial charge on any atom is 0.242 e. The molecule has 0 aliphatic carbocycles. The molecular formula is C18H19FN2O2. The lowest BCUT2D eigenvalue weighted by Crippen LogP contribution is -2.38. The molecule has 0 aromatic heterocycles. The third kappa shape index (κ3) is 5.54. The topological polar surface area (TPSA) is 49.4 Å². The Bertz CT molecular complexity index is 674. The molecule has 0 saturated heterocycles. The van der Waals surface area contributed by atoms with E-state index in [2.05, 4.69) is 5.32 Å². The number of carbonyl (C=O) groups excluding carboxylic acids is 2. The first-order valence-electron chi connectivity index (χ1n) is 7.33. The summed E-state index contributed by atoms with van der Waals surface area (Å²) in [4.78, 5) is 25.3. The molecule has 23 heavy (non-hydrogen) atoms. The quantitative estimate of drug-likeness (QED) is 0.888. The highest BCUT2D eigenvalue weighted by atomic mass is 19.1. The van der Waals surface area contributed by atoms with Crippen LogP contribution in [0.3, 0.4) is 0 Å². The number of likely N-dealkylation sites (N-methyl/N-ethyl adjacent to an activating group) is 1. The van der Waals surface area contributed by atoms with Crippen LogP contribution in [0, 0.1) is 5.82 Å². The average Bonchev–Trinajstić information content (AvgIpc) is 2.53. The molecule has 0 bridgehead atoms. The van der Waals surface area contributed by atoms with E-state index in [1.54, 1.807) is 19.2 Å².